The van der Waals surface area contributed by atoms with Gasteiger partial charge < -0.3 is 23.5 Å². The van der Waals surface area contributed by atoms with E-state index in [-0.39, 0.29) is 30.9 Å². The minimum atomic E-state index is -0.709. The Morgan fingerprint density at radius 1 is 1.00 bits per heavy atom. The van der Waals surface area contributed by atoms with Crippen LogP contribution in [-0.4, -0.2) is 61.7 Å². The largest absolute Gasteiger partial charge is 0.512 e. The summed E-state index contributed by atoms with van der Waals surface area (Å²) in [6.07, 6.45) is 1.57. The smallest absolute Gasteiger partial charge is 0.493 e. The summed E-state index contributed by atoms with van der Waals surface area (Å²) in [4.78, 5) is 24.2. The third-order valence-electron chi connectivity index (χ3n) is 8.01. The SMILES string of the molecule is COc1cc(C(C)=O)ccc1OCCC[N+]1(COC(=O)OCc2ccccc2)CCC(c2noc3cc(F)ccc23)CC1. The lowest BCUT2D eigenvalue weighted by Crippen LogP contribution is -2.55. The lowest BCUT2D eigenvalue weighted by atomic mass is 9.90. The number of benzene rings is 3. The van der Waals surface area contributed by atoms with Crippen molar-refractivity contribution in [3.8, 4) is 11.5 Å². The number of halogens is 1. The van der Waals surface area contributed by atoms with Gasteiger partial charge in [-0.3, -0.25) is 9.28 Å². The molecule has 1 saturated heterocycles. The van der Waals surface area contributed by atoms with Gasteiger partial charge >= 0.3 is 6.16 Å². The van der Waals surface area contributed by atoms with Gasteiger partial charge in [-0.25, -0.2) is 9.18 Å². The Bertz CT molecular complexity index is 1550. The Hall–Kier alpha value is -4.44. The van der Waals surface area contributed by atoms with Crippen molar-refractivity contribution in [3.05, 3.63) is 89.4 Å². The van der Waals surface area contributed by atoms with Crippen LogP contribution >= 0.6 is 0 Å². The number of likely N-dealkylation sites (tertiary alicyclic amines) is 1. The number of hydrogen-bond acceptors (Lipinski definition) is 8. The molecule has 0 N–H and O–H groups in total. The summed E-state index contributed by atoms with van der Waals surface area (Å²) in [5.74, 6) is 0.797. The Balaban J connectivity index is 1.22. The second kappa shape index (κ2) is 13.7. The molecule has 1 fully saturated rings. The molecule has 0 atom stereocenters. The molecular weight excluding hydrogens is 555 g/mol. The molecule has 1 aromatic heterocycles. The van der Waals surface area contributed by atoms with E-state index in [1.54, 1.807) is 31.4 Å². The summed E-state index contributed by atoms with van der Waals surface area (Å²) in [6, 6.07) is 19.1. The van der Waals surface area contributed by atoms with E-state index in [0.717, 1.165) is 42.6 Å². The number of ketones is 1. The zero-order valence-electron chi connectivity index (χ0n) is 24.4. The number of ether oxygens (including phenoxy) is 4. The van der Waals surface area contributed by atoms with Crippen LogP contribution in [0.25, 0.3) is 11.0 Å². The molecule has 0 unspecified atom stereocenters. The Morgan fingerprint density at radius 3 is 2.53 bits per heavy atom. The van der Waals surface area contributed by atoms with Crippen LogP contribution in [0.3, 0.4) is 0 Å². The maximum Gasteiger partial charge on any atom is 0.512 e. The van der Waals surface area contributed by atoms with Crippen molar-refractivity contribution in [3.63, 3.8) is 0 Å². The van der Waals surface area contributed by atoms with E-state index in [0.29, 0.717) is 46.7 Å². The van der Waals surface area contributed by atoms with Crippen LogP contribution in [0.1, 0.15) is 53.7 Å². The van der Waals surface area contributed by atoms with Crippen LogP contribution in [0.4, 0.5) is 9.18 Å². The summed E-state index contributed by atoms with van der Waals surface area (Å²) in [6.45, 7) is 4.41. The van der Waals surface area contributed by atoms with Crippen molar-refractivity contribution < 1.29 is 41.9 Å². The molecule has 1 aliphatic heterocycles. The average Bonchev–Trinajstić information content (AvgIpc) is 3.45. The van der Waals surface area contributed by atoms with Gasteiger partial charge in [0, 0.05) is 42.2 Å². The Labute approximate surface area is 249 Å². The van der Waals surface area contributed by atoms with E-state index in [1.165, 1.54) is 19.1 Å². The van der Waals surface area contributed by atoms with E-state index in [2.05, 4.69) is 5.16 Å². The van der Waals surface area contributed by atoms with Gasteiger partial charge in [0.25, 0.3) is 0 Å². The fraction of sp³-hybridized carbons (Fsp3) is 0.364. The Kier molecular flexibility index (Phi) is 9.56. The third kappa shape index (κ3) is 7.50. The van der Waals surface area contributed by atoms with Crippen LogP contribution in [-0.2, 0) is 16.1 Å². The minimum Gasteiger partial charge on any atom is -0.493 e. The predicted octanol–water partition coefficient (Wildman–Crippen LogP) is 6.65. The molecule has 43 heavy (non-hydrogen) atoms. The molecule has 226 valence electrons. The van der Waals surface area contributed by atoms with E-state index in [9.17, 15) is 14.0 Å². The summed E-state index contributed by atoms with van der Waals surface area (Å²) in [7, 11) is 1.54. The molecular formula is C33H36FN2O7+. The molecule has 4 aromatic rings. The molecule has 0 amide bonds. The zero-order valence-corrected chi connectivity index (χ0v) is 24.4. The number of rotatable bonds is 12. The lowest BCUT2D eigenvalue weighted by molar-refractivity contribution is -0.948. The fourth-order valence-electron chi connectivity index (χ4n) is 5.57. The summed E-state index contributed by atoms with van der Waals surface area (Å²) >= 11 is 0. The average molecular weight is 592 g/mol. The van der Waals surface area contributed by atoms with Crippen LogP contribution in [0.15, 0.2) is 71.3 Å². The number of fused-ring (bicyclic) bond motifs is 1. The van der Waals surface area contributed by atoms with Crippen molar-refractivity contribution in [2.75, 3.05) is 40.1 Å². The summed E-state index contributed by atoms with van der Waals surface area (Å²) in [5, 5.41) is 5.09. The molecule has 3 aromatic carbocycles. The zero-order chi connectivity index (χ0) is 30.2. The van der Waals surface area contributed by atoms with Crippen molar-refractivity contribution in [2.24, 2.45) is 0 Å². The number of carbonyl (C=O) groups is 2. The molecule has 0 aliphatic carbocycles. The van der Waals surface area contributed by atoms with Crippen LogP contribution < -0.4 is 9.47 Å². The van der Waals surface area contributed by atoms with Gasteiger partial charge in [-0.2, -0.15) is 0 Å². The first-order valence-electron chi connectivity index (χ1n) is 14.4. The van der Waals surface area contributed by atoms with Crippen molar-refractivity contribution in [1.29, 1.82) is 0 Å². The third-order valence-corrected chi connectivity index (χ3v) is 8.01. The summed E-state index contributed by atoms with van der Waals surface area (Å²) in [5.41, 5.74) is 2.71. The lowest BCUT2D eigenvalue weighted by Gasteiger charge is -2.42. The van der Waals surface area contributed by atoms with Crippen LogP contribution in [0, 0.1) is 5.82 Å². The molecule has 9 nitrogen and oxygen atoms in total. The van der Waals surface area contributed by atoms with E-state index < -0.39 is 6.16 Å². The van der Waals surface area contributed by atoms with Gasteiger partial charge in [-0.15, -0.1) is 0 Å². The van der Waals surface area contributed by atoms with Gasteiger partial charge in [0.2, 0.25) is 6.73 Å². The number of carbonyl (C=O) groups excluding carboxylic acids is 2. The van der Waals surface area contributed by atoms with Gasteiger partial charge in [0.1, 0.15) is 12.4 Å². The first-order chi connectivity index (χ1) is 20.9. The molecule has 0 saturated carbocycles. The second-order valence-electron chi connectivity index (χ2n) is 10.9. The number of aromatic nitrogens is 1. The molecule has 0 radical (unpaired) electrons. The second-order valence-corrected chi connectivity index (χ2v) is 10.9. The van der Waals surface area contributed by atoms with Crippen molar-refractivity contribution in [2.45, 2.75) is 38.7 Å². The van der Waals surface area contributed by atoms with Gasteiger partial charge in [-0.1, -0.05) is 35.5 Å². The summed E-state index contributed by atoms with van der Waals surface area (Å²) < 4.78 is 42.1. The number of Topliss-reactive ketones (excluding diaryl/α,β-unsaturated/α-hetero) is 1. The number of nitrogens with zero attached hydrogens (tertiary/aromatic N) is 2. The molecule has 0 spiro atoms. The standard InChI is InChI=1S/C33H36FN2O7/c1-23(37)26-9-12-29(31(19-26)39-2)40-18-6-15-36(22-42-33(38)41-21-24-7-4-3-5-8-24)16-13-25(14-17-36)32-28-11-10-27(34)20-30(28)43-35-32/h3-5,7-12,19-20,25H,6,13-18,21-22H2,1-2H3/q+1. The number of hydrogen-bond donors (Lipinski definition) is 0. The highest BCUT2D eigenvalue weighted by Gasteiger charge is 2.37. The highest BCUT2D eigenvalue weighted by Crippen LogP contribution is 2.35. The monoisotopic (exact) mass is 591 g/mol. The molecule has 0 bridgehead atoms. The molecule has 5 rings (SSSR count). The number of methoxy groups -OCH3 is 1. The maximum absolute atomic E-state index is 13.7. The Morgan fingerprint density at radius 2 is 1.79 bits per heavy atom. The first kappa shape index (κ1) is 30.0. The maximum atomic E-state index is 13.7. The van der Waals surface area contributed by atoms with Crippen LogP contribution in [0.2, 0.25) is 0 Å². The number of piperidine rings is 1. The molecule has 10 heteroatoms. The van der Waals surface area contributed by atoms with Crippen molar-refractivity contribution >= 4 is 22.9 Å². The molecule has 1 aliphatic rings. The topological polar surface area (TPSA) is 97.1 Å². The molecule has 2 heterocycles. The fourth-order valence-corrected chi connectivity index (χ4v) is 5.57. The normalized spacial score (nSPS) is 18.3. The van der Waals surface area contributed by atoms with Gasteiger partial charge in [-0.05, 0) is 42.8 Å². The van der Waals surface area contributed by atoms with Crippen molar-refractivity contribution in [1.82, 2.24) is 5.16 Å². The highest BCUT2D eigenvalue weighted by molar-refractivity contribution is 5.94. The van der Waals surface area contributed by atoms with E-state index in [1.807, 2.05) is 30.3 Å². The van der Waals surface area contributed by atoms with E-state index >= 15 is 0 Å². The van der Waals surface area contributed by atoms with Gasteiger partial charge in [0.05, 0.1) is 39.0 Å². The minimum absolute atomic E-state index is 0.0484. The highest BCUT2D eigenvalue weighted by atomic mass is 19.1. The predicted molar refractivity (Wildman–Crippen MR) is 156 cm³/mol. The number of quaternary nitrogens is 1. The first-order valence-corrected chi connectivity index (χ1v) is 14.4. The van der Waals surface area contributed by atoms with Gasteiger partial charge in [0.15, 0.2) is 22.9 Å². The quantitative estimate of drug-likeness (QED) is 0.0782. The van der Waals surface area contributed by atoms with Crippen LogP contribution in [0.5, 0.6) is 11.5 Å². The van der Waals surface area contributed by atoms with E-state index in [4.69, 9.17) is 23.5 Å².